The molecule has 0 unspecified atom stereocenters. The Labute approximate surface area is 95.7 Å². The Kier molecular flexibility index (Phi) is 3.04. The van der Waals surface area contributed by atoms with Crippen LogP contribution in [0.15, 0.2) is 12.3 Å². The fourth-order valence-electron chi connectivity index (χ4n) is 2.16. The van der Waals surface area contributed by atoms with Crippen LogP contribution in [-0.2, 0) is 0 Å². The molecule has 0 saturated heterocycles. The van der Waals surface area contributed by atoms with Gasteiger partial charge in [0.15, 0.2) is 5.82 Å². The van der Waals surface area contributed by atoms with E-state index >= 15 is 0 Å². The van der Waals surface area contributed by atoms with E-state index in [2.05, 4.69) is 28.5 Å². The number of nitriles is 1. The van der Waals surface area contributed by atoms with Crippen LogP contribution in [0.25, 0.3) is 0 Å². The third-order valence-electron chi connectivity index (χ3n) is 3.64. The van der Waals surface area contributed by atoms with Gasteiger partial charge in [0.2, 0.25) is 0 Å². The normalized spacial score (nSPS) is 17.2. The molecule has 16 heavy (non-hydrogen) atoms. The molecule has 0 aromatic carbocycles. The molecule has 0 amide bonds. The molecule has 4 nitrogen and oxygen atoms in total. The van der Waals surface area contributed by atoms with E-state index < -0.39 is 0 Å². The summed E-state index contributed by atoms with van der Waals surface area (Å²) in [5, 5.41) is 19.9. The first-order valence-corrected chi connectivity index (χ1v) is 5.75. The summed E-state index contributed by atoms with van der Waals surface area (Å²) in [4.78, 5) is 0. The summed E-state index contributed by atoms with van der Waals surface area (Å²) < 4.78 is 0. The maximum atomic E-state index is 8.92. The molecular weight excluding hydrogens is 200 g/mol. The number of nitrogens with zero attached hydrogens (tertiary/aromatic N) is 3. The summed E-state index contributed by atoms with van der Waals surface area (Å²) in [5.41, 5.74) is 0.991. The van der Waals surface area contributed by atoms with Crippen molar-refractivity contribution in [3.05, 3.63) is 17.8 Å². The third kappa shape index (κ3) is 1.99. The first-order valence-electron chi connectivity index (χ1n) is 5.75. The average molecular weight is 216 g/mol. The van der Waals surface area contributed by atoms with Gasteiger partial charge in [0.05, 0.1) is 11.8 Å². The summed E-state index contributed by atoms with van der Waals surface area (Å²) in [7, 11) is 0. The molecule has 1 aliphatic carbocycles. The number of rotatable bonds is 4. The van der Waals surface area contributed by atoms with Gasteiger partial charge in [0, 0.05) is 6.54 Å². The quantitative estimate of drug-likeness (QED) is 0.839. The molecule has 1 aromatic heterocycles. The first-order chi connectivity index (χ1) is 7.79. The Hall–Kier alpha value is -1.63. The van der Waals surface area contributed by atoms with Gasteiger partial charge in [-0.3, -0.25) is 0 Å². The van der Waals surface area contributed by atoms with Crippen LogP contribution in [0, 0.1) is 16.7 Å². The highest BCUT2D eigenvalue weighted by Gasteiger charge is 2.34. The van der Waals surface area contributed by atoms with E-state index in [0.29, 0.717) is 16.8 Å². The van der Waals surface area contributed by atoms with Crippen LogP contribution >= 0.6 is 0 Å². The van der Waals surface area contributed by atoms with Crippen molar-refractivity contribution in [1.29, 1.82) is 5.26 Å². The van der Waals surface area contributed by atoms with Crippen LogP contribution in [0.1, 0.15) is 38.2 Å². The van der Waals surface area contributed by atoms with Crippen LogP contribution in [0.4, 0.5) is 5.82 Å². The van der Waals surface area contributed by atoms with Crippen LogP contribution in [-0.4, -0.2) is 16.7 Å². The zero-order valence-corrected chi connectivity index (χ0v) is 9.53. The molecule has 0 atom stereocenters. The Bertz CT molecular complexity index is 398. The number of aromatic nitrogens is 2. The van der Waals surface area contributed by atoms with Gasteiger partial charge in [-0.05, 0) is 30.7 Å². The molecule has 84 valence electrons. The van der Waals surface area contributed by atoms with Gasteiger partial charge >= 0.3 is 0 Å². The molecule has 0 bridgehead atoms. The van der Waals surface area contributed by atoms with Gasteiger partial charge in [-0.15, -0.1) is 5.10 Å². The van der Waals surface area contributed by atoms with Crippen molar-refractivity contribution < 1.29 is 0 Å². The van der Waals surface area contributed by atoms with E-state index in [1.807, 2.05) is 0 Å². The molecule has 2 rings (SSSR count). The second kappa shape index (κ2) is 4.48. The lowest BCUT2D eigenvalue weighted by atomic mass is 9.67. The topological polar surface area (TPSA) is 61.6 Å². The van der Waals surface area contributed by atoms with Crippen LogP contribution in [0.2, 0.25) is 0 Å². The van der Waals surface area contributed by atoms with E-state index in [0.717, 1.165) is 6.54 Å². The number of hydrogen-bond donors (Lipinski definition) is 1. The first kappa shape index (κ1) is 10.9. The monoisotopic (exact) mass is 216 g/mol. The summed E-state index contributed by atoms with van der Waals surface area (Å²) in [5.74, 6) is 0.615. The standard InChI is InChI=1S/C12H16N4/c1-2-12(5-3-6-12)9-14-11-10(8-13)4-7-15-16-11/h4,7H,2-3,5-6,9H2,1H3,(H,14,16). The number of nitrogens with one attached hydrogen (secondary N) is 1. The van der Waals surface area contributed by atoms with Crippen molar-refractivity contribution in [2.75, 3.05) is 11.9 Å². The predicted octanol–water partition coefficient (Wildman–Crippen LogP) is 2.34. The Balaban J connectivity index is 2.02. The molecule has 1 aliphatic rings. The van der Waals surface area contributed by atoms with Gasteiger partial charge in [-0.1, -0.05) is 13.3 Å². The van der Waals surface area contributed by atoms with Crippen molar-refractivity contribution in [1.82, 2.24) is 10.2 Å². The van der Waals surface area contributed by atoms with Crippen molar-refractivity contribution in [2.45, 2.75) is 32.6 Å². The average Bonchev–Trinajstić information content (AvgIpc) is 2.29. The van der Waals surface area contributed by atoms with E-state index in [1.54, 1.807) is 12.3 Å². The van der Waals surface area contributed by atoms with Crippen molar-refractivity contribution in [2.24, 2.45) is 5.41 Å². The van der Waals surface area contributed by atoms with Crippen molar-refractivity contribution >= 4 is 5.82 Å². The maximum Gasteiger partial charge on any atom is 0.166 e. The molecule has 1 fully saturated rings. The van der Waals surface area contributed by atoms with E-state index in [1.165, 1.54) is 25.7 Å². The molecule has 1 aromatic rings. The highest BCUT2D eigenvalue weighted by Crippen LogP contribution is 2.43. The van der Waals surface area contributed by atoms with Gasteiger partial charge in [0.25, 0.3) is 0 Å². The highest BCUT2D eigenvalue weighted by atomic mass is 15.2. The second-order valence-electron chi connectivity index (χ2n) is 4.47. The lowest BCUT2D eigenvalue weighted by Crippen LogP contribution is -2.36. The molecule has 4 heteroatoms. The smallest absolute Gasteiger partial charge is 0.166 e. The Morgan fingerprint density at radius 3 is 2.94 bits per heavy atom. The molecule has 1 heterocycles. The van der Waals surface area contributed by atoms with Crippen molar-refractivity contribution in [3.8, 4) is 6.07 Å². The lowest BCUT2D eigenvalue weighted by Gasteiger charge is -2.41. The van der Waals surface area contributed by atoms with Gasteiger partial charge < -0.3 is 5.32 Å². The predicted molar refractivity (Wildman–Crippen MR) is 61.8 cm³/mol. The summed E-state index contributed by atoms with van der Waals surface area (Å²) in [6, 6.07) is 3.81. The highest BCUT2D eigenvalue weighted by molar-refractivity contribution is 5.50. The Morgan fingerprint density at radius 2 is 2.38 bits per heavy atom. The number of hydrogen-bond acceptors (Lipinski definition) is 4. The van der Waals surface area contributed by atoms with E-state index in [9.17, 15) is 0 Å². The summed E-state index contributed by atoms with van der Waals surface area (Å²) in [6.07, 6.45) is 6.60. The molecule has 1 saturated carbocycles. The minimum Gasteiger partial charge on any atom is -0.367 e. The molecule has 0 radical (unpaired) electrons. The minimum absolute atomic E-state index is 0.421. The molecule has 1 N–H and O–H groups in total. The second-order valence-corrected chi connectivity index (χ2v) is 4.47. The van der Waals surface area contributed by atoms with Gasteiger partial charge in [-0.25, -0.2) is 0 Å². The zero-order valence-electron chi connectivity index (χ0n) is 9.53. The SMILES string of the molecule is CCC1(CNc2nnccc2C#N)CCC1. The zero-order chi connectivity index (χ0) is 11.4. The Morgan fingerprint density at radius 1 is 1.56 bits per heavy atom. The van der Waals surface area contributed by atoms with E-state index in [-0.39, 0.29) is 0 Å². The fourth-order valence-corrected chi connectivity index (χ4v) is 2.16. The molecule has 0 aliphatic heterocycles. The molecular formula is C12H16N4. The van der Waals surface area contributed by atoms with E-state index in [4.69, 9.17) is 5.26 Å². The van der Waals surface area contributed by atoms with Crippen LogP contribution < -0.4 is 5.32 Å². The van der Waals surface area contributed by atoms with Crippen LogP contribution in [0.3, 0.4) is 0 Å². The largest absolute Gasteiger partial charge is 0.367 e. The van der Waals surface area contributed by atoms with Gasteiger partial charge in [0.1, 0.15) is 6.07 Å². The lowest BCUT2D eigenvalue weighted by molar-refractivity contribution is 0.145. The minimum atomic E-state index is 0.421. The summed E-state index contributed by atoms with van der Waals surface area (Å²) in [6.45, 7) is 3.12. The summed E-state index contributed by atoms with van der Waals surface area (Å²) >= 11 is 0. The maximum absolute atomic E-state index is 8.92. The molecule has 0 spiro atoms. The van der Waals surface area contributed by atoms with Crippen molar-refractivity contribution in [3.63, 3.8) is 0 Å². The third-order valence-corrected chi connectivity index (χ3v) is 3.64. The van der Waals surface area contributed by atoms with Gasteiger partial charge in [-0.2, -0.15) is 10.4 Å². The fraction of sp³-hybridized carbons (Fsp3) is 0.583. The number of anilines is 1. The van der Waals surface area contributed by atoms with Crippen LogP contribution in [0.5, 0.6) is 0 Å².